The van der Waals surface area contributed by atoms with E-state index in [1.807, 2.05) is 54.6 Å². The van der Waals surface area contributed by atoms with Crippen molar-refractivity contribution in [3.63, 3.8) is 0 Å². The quantitative estimate of drug-likeness (QED) is 0.401. The molecule has 1 fully saturated rings. The highest BCUT2D eigenvalue weighted by atomic mass is 35.5. The van der Waals surface area contributed by atoms with Crippen LogP contribution in [0.5, 0.6) is 5.75 Å². The van der Waals surface area contributed by atoms with Gasteiger partial charge in [-0.3, -0.25) is 9.59 Å². The van der Waals surface area contributed by atoms with E-state index < -0.39 is 0 Å². The van der Waals surface area contributed by atoms with Gasteiger partial charge in [0.15, 0.2) is 0 Å². The van der Waals surface area contributed by atoms with Gasteiger partial charge in [0.2, 0.25) is 11.8 Å². The molecule has 3 aromatic rings. The van der Waals surface area contributed by atoms with Crippen LogP contribution in [0.4, 0.5) is 5.82 Å². The third kappa shape index (κ3) is 7.29. The number of benzene rings is 2. The number of amides is 2. The van der Waals surface area contributed by atoms with Gasteiger partial charge in [-0.1, -0.05) is 54.1 Å². The normalized spacial score (nSPS) is 16.4. The second-order valence-corrected chi connectivity index (χ2v) is 9.40. The predicted molar refractivity (Wildman–Crippen MR) is 141 cm³/mol. The molecular weight excluding hydrogens is 476 g/mol. The number of aromatic nitrogens is 1. The van der Waals surface area contributed by atoms with Gasteiger partial charge >= 0.3 is 0 Å². The van der Waals surface area contributed by atoms with Crippen molar-refractivity contribution < 1.29 is 14.3 Å². The summed E-state index contributed by atoms with van der Waals surface area (Å²) in [6, 6.07) is 21.0. The van der Waals surface area contributed by atoms with Crippen molar-refractivity contribution in [2.45, 2.75) is 31.3 Å². The highest BCUT2D eigenvalue weighted by molar-refractivity contribution is 6.30. The molecule has 2 amide bonds. The van der Waals surface area contributed by atoms with Gasteiger partial charge in [0, 0.05) is 25.0 Å². The lowest BCUT2D eigenvalue weighted by molar-refractivity contribution is -0.134. The Bertz CT molecular complexity index is 1140. The van der Waals surface area contributed by atoms with Crippen molar-refractivity contribution in [2.24, 2.45) is 0 Å². The van der Waals surface area contributed by atoms with Crippen molar-refractivity contribution in [1.29, 1.82) is 0 Å². The molecule has 0 spiro atoms. The molecule has 1 aromatic heterocycles. The van der Waals surface area contributed by atoms with E-state index in [2.05, 4.69) is 15.6 Å². The molecule has 1 aliphatic rings. The smallest absolute Gasteiger partial charge is 0.234 e. The monoisotopic (exact) mass is 506 g/mol. The van der Waals surface area contributed by atoms with Gasteiger partial charge < -0.3 is 20.3 Å². The number of nitrogens with zero attached hydrogens (tertiary/aromatic N) is 2. The molecule has 2 atom stereocenters. The Labute approximate surface area is 216 Å². The fourth-order valence-electron chi connectivity index (χ4n) is 4.18. The number of rotatable bonds is 10. The number of anilines is 1. The summed E-state index contributed by atoms with van der Waals surface area (Å²) >= 11 is 5.96. The SMILES string of the molecule is CN1C[C@@H](Oc2ccc(NC(=O)C(CNCCc3ccc(Cl)cc3)c3ccccc3)nc2)CCC1=O. The van der Waals surface area contributed by atoms with E-state index in [4.69, 9.17) is 16.3 Å². The zero-order valence-corrected chi connectivity index (χ0v) is 21.1. The first-order chi connectivity index (χ1) is 17.5. The molecule has 0 aliphatic carbocycles. The number of nitrogens with one attached hydrogen (secondary N) is 2. The Morgan fingerprint density at radius 1 is 1.14 bits per heavy atom. The molecule has 7 nitrogen and oxygen atoms in total. The van der Waals surface area contributed by atoms with Gasteiger partial charge in [0.05, 0.1) is 18.7 Å². The van der Waals surface area contributed by atoms with Crippen molar-refractivity contribution in [3.8, 4) is 5.75 Å². The molecule has 36 heavy (non-hydrogen) atoms. The zero-order chi connectivity index (χ0) is 25.3. The van der Waals surface area contributed by atoms with E-state index in [1.54, 1.807) is 30.3 Å². The first-order valence-electron chi connectivity index (χ1n) is 12.2. The number of hydrogen-bond acceptors (Lipinski definition) is 5. The summed E-state index contributed by atoms with van der Waals surface area (Å²) in [4.78, 5) is 30.9. The lowest BCUT2D eigenvalue weighted by atomic mass is 9.98. The molecule has 2 aromatic carbocycles. The van der Waals surface area contributed by atoms with Gasteiger partial charge in [-0.2, -0.15) is 0 Å². The molecule has 4 rings (SSSR count). The Morgan fingerprint density at radius 2 is 1.92 bits per heavy atom. The summed E-state index contributed by atoms with van der Waals surface area (Å²) in [6.07, 6.45) is 3.56. The van der Waals surface area contributed by atoms with Gasteiger partial charge in [0.25, 0.3) is 0 Å². The van der Waals surface area contributed by atoms with Crippen molar-refractivity contribution in [3.05, 3.63) is 89.1 Å². The molecule has 1 saturated heterocycles. The minimum Gasteiger partial charge on any atom is -0.487 e. The van der Waals surface area contributed by atoms with E-state index in [0.29, 0.717) is 37.5 Å². The Morgan fingerprint density at radius 3 is 2.61 bits per heavy atom. The van der Waals surface area contributed by atoms with Crippen LogP contribution in [0.15, 0.2) is 72.9 Å². The standard InChI is InChI=1S/C28H31ClN4O3/c1-33-19-24(12-14-27(33)34)36-23-11-13-26(31-17-23)32-28(35)25(21-5-3-2-4-6-21)18-30-16-15-20-7-9-22(29)10-8-20/h2-11,13,17,24-25,30H,12,14-16,18-19H2,1H3,(H,31,32,35)/t24-,25?/m0/s1. The summed E-state index contributed by atoms with van der Waals surface area (Å²) in [5, 5.41) is 7.07. The maximum absolute atomic E-state index is 13.2. The largest absolute Gasteiger partial charge is 0.487 e. The maximum Gasteiger partial charge on any atom is 0.234 e. The molecule has 0 saturated carbocycles. The van der Waals surface area contributed by atoms with Crippen LogP contribution in [-0.2, 0) is 16.0 Å². The van der Waals surface area contributed by atoms with Gasteiger partial charge in [-0.05, 0) is 54.8 Å². The number of hydrogen-bond donors (Lipinski definition) is 2. The van der Waals surface area contributed by atoms with Crippen LogP contribution in [0.25, 0.3) is 0 Å². The number of carbonyl (C=O) groups excluding carboxylic acids is 2. The summed E-state index contributed by atoms with van der Waals surface area (Å²) in [5.41, 5.74) is 2.12. The van der Waals surface area contributed by atoms with Crippen molar-refractivity contribution >= 4 is 29.2 Å². The number of piperidine rings is 1. The summed E-state index contributed by atoms with van der Waals surface area (Å²) in [7, 11) is 1.78. The average Bonchev–Trinajstić information content (AvgIpc) is 2.89. The number of likely N-dealkylation sites (N-methyl/N-ethyl adjacent to an activating group) is 1. The van der Waals surface area contributed by atoms with Crippen LogP contribution in [0.1, 0.15) is 29.9 Å². The Balaban J connectivity index is 1.32. The van der Waals surface area contributed by atoms with E-state index in [-0.39, 0.29) is 23.8 Å². The first-order valence-corrected chi connectivity index (χ1v) is 12.5. The van der Waals surface area contributed by atoms with E-state index in [9.17, 15) is 9.59 Å². The maximum atomic E-state index is 13.2. The fraction of sp³-hybridized carbons (Fsp3) is 0.321. The molecule has 0 bridgehead atoms. The predicted octanol–water partition coefficient (Wildman–Crippen LogP) is 4.29. The number of carbonyl (C=O) groups is 2. The van der Waals surface area contributed by atoms with Crippen LogP contribution in [0.2, 0.25) is 5.02 Å². The molecule has 188 valence electrons. The third-order valence-corrected chi connectivity index (χ3v) is 6.50. The zero-order valence-electron chi connectivity index (χ0n) is 20.3. The number of ether oxygens (including phenoxy) is 1. The number of halogens is 1. The minimum absolute atomic E-state index is 0.0589. The van der Waals surface area contributed by atoms with Gasteiger partial charge in [0.1, 0.15) is 17.7 Å². The lowest BCUT2D eigenvalue weighted by Crippen LogP contribution is -2.42. The molecular formula is C28H31ClN4O3. The first kappa shape index (κ1) is 25.7. The van der Waals surface area contributed by atoms with Crippen LogP contribution in [0.3, 0.4) is 0 Å². The van der Waals surface area contributed by atoms with Crippen LogP contribution >= 0.6 is 11.6 Å². The van der Waals surface area contributed by atoms with Crippen LogP contribution < -0.4 is 15.4 Å². The topological polar surface area (TPSA) is 83.6 Å². The lowest BCUT2D eigenvalue weighted by Gasteiger charge is -2.29. The minimum atomic E-state index is -0.371. The Hall–Kier alpha value is -3.42. The highest BCUT2D eigenvalue weighted by Gasteiger charge is 2.24. The van der Waals surface area contributed by atoms with Crippen molar-refractivity contribution in [1.82, 2.24) is 15.2 Å². The average molecular weight is 507 g/mol. The molecule has 8 heteroatoms. The summed E-state index contributed by atoms with van der Waals surface area (Å²) in [5.74, 6) is 0.714. The van der Waals surface area contributed by atoms with Gasteiger partial charge in [-0.25, -0.2) is 4.98 Å². The fourth-order valence-corrected chi connectivity index (χ4v) is 4.30. The Kier molecular flexibility index (Phi) is 8.92. The highest BCUT2D eigenvalue weighted by Crippen LogP contribution is 2.21. The van der Waals surface area contributed by atoms with E-state index in [1.165, 1.54) is 5.56 Å². The summed E-state index contributed by atoms with van der Waals surface area (Å²) < 4.78 is 5.97. The van der Waals surface area contributed by atoms with E-state index >= 15 is 0 Å². The van der Waals surface area contributed by atoms with Crippen molar-refractivity contribution in [2.75, 3.05) is 32.0 Å². The molecule has 2 N–H and O–H groups in total. The molecule has 1 unspecified atom stereocenters. The third-order valence-electron chi connectivity index (χ3n) is 6.24. The van der Waals surface area contributed by atoms with Crippen LogP contribution in [0, 0.1) is 0 Å². The van der Waals surface area contributed by atoms with Crippen LogP contribution in [-0.4, -0.2) is 54.5 Å². The molecule has 1 aliphatic heterocycles. The molecule has 0 radical (unpaired) electrons. The van der Waals surface area contributed by atoms with E-state index in [0.717, 1.165) is 23.6 Å². The van der Waals surface area contributed by atoms with Gasteiger partial charge in [-0.15, -0.1) is 0 Å². The summed E-state index contributed by atoms with van der Waals surface area (Å²) in [6.45, 7) is 1.80. The second-order valence-electron chi connectivity index (χ2n) is 8.97. The molecule has 2 heterocycles. The number of likely N-dealkylation sites (tertiary alicyclic amines) is 1. The second kappa shape index (κ2) is 12.5. The number of pyridine rings is 1.